The van der Waals surface area contributed by atoms with E-state index in [0.717, 1.165) is 17.7 Å². The van der Waals surface area contributed by atoms with Crippen LogP contribution in [0.4, 0.5) is 13.2 Å². The van der Waals surface area contributed by atoms with Crippen LogP contribution in [0.1, 0.15) is 12.5 Å². The Hall–Kier alpha value is -2.94. The van der Waals surface area contributed by atoms with Crippen molar-refractivity contribution in [3.05, 3.63) is 54.1 Å². The van der Waals surface area contributed by atoms with Crippen LogP contribution in [-0.4, -0.2) is 38.2 Å². The smallest absolute Gasteiger partial charge is 0.492 e. The monoisotopic (exact) mass is 413 g/mol. The highest BCUT2D eigenvalue weighted by Gasteiger charge is 2.31. The lowest BCUT2D eigenvalue weighted by Crippen LogP contribution is -2.31. The van der Waals surface area contributed by atoms with Crippen molar-refractivity contribution in [2.24, 2.45) is 5.73 Å². The van der Waals surface area contributed by atoms with Crippen LogP contribution < -0.4 is 19.9 Å². The van der Waals surface area contributed by atoms with Gasteiger partial charge in [0.05, 0.1) is 6.61 Å². The van der Waals surface area contributed by atoms with E-state index in [4.69, 9.17) is 19.9 Å². The van der Waals surface area contributed by atoms with E-state index in [9.17, 15) is 18.0 Å². The van der Waals surface area contributed by atoms with Gasteiger partial charge in [0.25, 0.3) is 0 Å². The second-order valence-corrected chi connectivity index (χ2v) is 5.86. The predicted molar refractivity (Wildman–Crippen MR) is 98.9 cm³/mol. The topological polar surface area (TPSA) is 80.0 Å². The molecular formula is C20H22F3NO5. The van der Waals surface area contributed by atoms with E-state index in [0.29, 0.717) is 18.9 Å². The van der Waals surface area contributed by atoms with E-state index >= 15 is 0 Å². The van der Waals surface area contributed by atoms with Gasteiger partial charge in [0, 0.05) is 13.0 Å². The fraction of sp³-hybridized carbons (Fsp3) is 0.350. The molecule has 0 radical (unpaired) electrons. The maximum Gasteiger partial charge on any atom is 0.573 e. The molecule has 0 amide bonds. The van der Waals surface area contributed by atoms with E-state index in [2.05, 4.69) is 4.74 Å². The van der Waals surface area contributed by atoms with Gasteiger partial charge in [0.2, 0.25) is 0 Å². The first-order valence-corrected chi connectivity index (χ1v) is 8.91. The van der Waals surface area contributed by atoms with Crippen LogP contribution in [0.25, 0.3) is 0 Å². The summed E-state index contributed by atoms with van der Waals surface area (Å²) in [5.41, 5.74) is 6.18. The van der Waals surface area contributed by atoms with Gasteiger partial charge in [-0.05, 0) is 48.9 Å². The maximum absolute atomic E-state index is 12.3. The van der Waals surface area contributed by atoms with Crippen LogP contribution in [0.3, 0.4) is 0 Å². The van der Waals surface area contributed by atoms with E-state index in [-0.39, 0.29) is 24.5 Å². The molecule has 0 heterocycles. The fourth-order valence-corrected chi connectivity index (χ4v) is 2.41. The zero-order valence-corrected chi connectivity index (χ0v) is 15.8. The maximum atomic E-state index is 12.3. The molecule has 0 spiro atoms. The summed E-state index contributed by atoms with van der Waals surface area (Å²) in [7, 11) is 0. The van der Waals surface area contributed by atoms with Crippen LogP contribution in [0.5, 0.6) is 17.2 Å². The summed E-state index contributed by atoms with van der Waals surface area (Å²) in [6.07, 6.45) is -5.55. The van der Waals surface area contributed by atoms with Crippen molar-refractivity contribution in [3.63, 3.8) is 0 Å². The van der Waals surface area contributed by atoms with Gasteiger partial charge in [0.1, 0.15) is 23.9 Å². The standard InChI is InChI=1S/C20H22F3NO5/c1-2-26-19(25)18(13-14-3-5-15(6-4-14)27-12-11-24)28-16-7-9-17(10-8-16)29-20(21,22)23/h3-10,18H,2,11-13,24H2,1H3. The van der Waals surface area contributed by atoms with E-state index < -0.39 is 18.4 Å². The van der Waals surface area contributed by atoms with Crippen molar-refractivity contribution in [1.29, 1.82) is 0 Å². The number of carbonyl (C=O) groups excluding carboxylic acids is 1. The van der Waals surface area contributed by atoms with Gasteiger partial charge in [-0.1, -0.05) is 12.1 Å². The summed E-state index contributed by atoms with van der Waals surface area (Å²) < 4.78 is 56.7. The molecular weight excluding hydrogens is 391 g/mol. The minimum atomic E-state index is -4.78. The van der Waals surface area contributed by atoms with Gasteiger partial charge < -0.3 is 24.7 Å². The molecule has 2 aromatic carbocycles. The SMILES string of the molecule is CCOC(=O)C(Cc1ccc(OCCN)cc1)Oc1ccc(OC(F)(F)F)cc1. The molecule has 0 fully saturated rings. The third-order valence-corrected chi connectivity index (χ3v) is 3.62. The molecule has 2 aromatic rings. The molecule has 0 aliphatic heterocycles. The number of carbonyl (C=O) groups is 1. The van der Waals surface area contributed by atoms with Crippen LogP contribution >= 0.6 is 0 Å². The molecule has 2 N–H and O–H groups in total. The third kappa shape index (κ3) is 7.90. The van der Waals surface area contributed by atoms with Crippen LogP contribution in [0, 0.1) is 0 Å². The Labute approximate surface area is 166 Å². The van der Waals surface area contributed by atoms with Gasteiger partial charge in [-0.3, -0.25) is 0 Å². The highest BCUT2D eigenvalue weighted by atomic mass is 19.4. The average Bonchev–Trinajstić information content (AvgIpc) is 2.67. The number of rotatable bonds is 10. The summed E-state index contributed by atoms with van der Waals surface area (Å²) in [5.74, 6) is -0.106. The van der Waals surface area contributed by atoms with Crippen LogP contribution in [0.15, 0.2) is 48.5 Å². The minimum Gasteiger partial charge on any atom is -0.492 e. The van der Waals surface area contributed by atoms with Gasteiger partial charge >= 0.3 is 12.3 Å². The lowest BCUT2D eigenvalue weighted by molar-refractivity contribution is -0.274. The molecule has 9 heteroatoms. The van der Waals surface area contributed by atoms with Gasteiger partial charge in [-0.15, -0.1) is 13.2 Å². The Morgan fingerprint density at radius 3 is 2.14 bits per heavy atom. The summed E-state index contributed by atoms with van der Waals surface area (Å²) in [5, 5.41) is 0. The molecule has 2 rings (SSSR count). The van der Waals surface area contributed by atoms with Crippen LogP contribution in [-0.2, 0) is 16.0 Å². The summed E-state index contributed by atoms with van der Waals surface area (Å²) >= 11 is 0. The zero-order valence-electron chi connectivity index (χ0n) is 15.8. The molecule has 1 unspecified atom stereocenters. The Balaban J connectivity index is 2.07. The van der Waals surface area contributed by atoms with Crippen molar-refractivity contribution in [3.8, 4) is 17.2 Å². The fourth-order valence-electron chi connectivity index (χ4n) is 2.41. The predicted octanol–water partition coefficient (Wildman–Crippen LogP) is 3.48. The molecule has 0 aliphatic carbocycles. The van der Waals surface area contributed by atoms with E-state index in [1.807, 2.05) is 0 Å². The molecule has 0 aromatic heterocycles. The molecule has 0 saturated heterocycles. The average molecular weight is 413 g/mol. The lowest BCUT2D eigenvalue weighted by atomic mass is 10.1. The summed E-state index contributed by atoms with van der Waals surface area (Å²) in [4.78, 5) is 12.3. The Bertz CT molecular complexity index is 763. The zero-order chi connectivity index (χ0) is 21.3. The van der Waals surface area contributed by atoms with Crippen LogP contribution in [0.2, 0.25) is 0 Å². The summed E-state index contributed by atoms with van der Waals surface area (Å²) in [6.45, 7) is 2.63. The molecule has 29 heavy (non-hydrogen) atoms. The second-order valence-electron chi connectivity index (χ2n) is 5.86. The largest absolute Gasteiger partial charge is 0.573 e. The first kappa shape index (κ1) is 22.4. The van der Waals surface area contributed by atoms with Gasteiger partial charge in [0.15, 0.2) is 6.10 Å². The number of ether oxygens (including phenoxy) is 4. The van der Waals surface area contributed by atoms with Crippen molar-refractivity contribution in [1.82, 2.24) is 0 Å². The Morgan fingerprint density at radius 1 is 1.00 bits per heavy atom. The molecule has 1 atom stereocenters. The van der Waals surface area contributed by atoms with Gasteiger partial charge in [-0.25, -0.2) is 4.79 Å². The first-order valence-electron chi connectivity index (χ1n) is 8.91. The lowest BCUT2D eigenvalue weighted by Gasteiger charge is -2.18. The summed E-state index contributed by atoms with van der Waals surface area (Å²) in [6, 6.07) is 11.8. The highest BCUT2D eigenvalue weighted by molar-refractivity contribution is 5.75. The van der Waals surface area contributed by atoms with Crippen molar-refractivity contribution in [2.45, 2.75) is 25.8 Å². The first-order chi connectivity index (χ1) is 13.8. The highest BCUT2D eigenvalue weighted by Crippen LogP contribution is 2.25. The van der Waals surface area contributed by atoms with Crippen molar-refractivity contribution < 1.29 is 36.9 Å². The molecule has 0 saturated carbocycles. The number of hydrogen-bond donors (Lipinski definition) is 1. The van der Waals surface area contributed by atoms with E-state index in [1.54, 1.807) is 31.2 Å². The number of benzene rings is 2. The number of hydrogen-bond acceptors (Lipinski definition) is 6. The third-order valence-electron chi connectivity index (χ3n) is 3.62. The number of alkyl halides is 3. The van der Waals surface area contributed by atoms with Crippen molar-refractivity contribution in [2.75, 3.05) is 19.8 Å². The normalized spacial score (nSPS) is 12.2. The molecule has 6 nitrogen and oxygen atoms in total. The Kier molecular flexibility index (Phi) is 8.14. The Morgan fingerprint density at radius 2 is 1.59 bits per heavy atom. The second kappa shape index (κ2) is 10.6. The number of esters is 1. The minimum absolute atomic E-state index is 0.170. The van der Waals surface area contributed by atoms with E-state index in [1.165, 1.54) is 12.1 Å². The molecule has 0 aliphatic rings. The van der Waals surface area contributed by atoms with Gasteiger partial charge in [-0.2, -0.15) is 0 Å². The number of nitrogens with two attached hydrogens (primary N) is 1. The molecule has 158 valence electrons. The van der Waals surface area contributed by atoms with Crippen molar-refractivity contribution >= 4 is 5.97 Å². The quantitative estimate of drug-likeness (QED) is 0.601. The number of halogens is 3. The molecule has 0 bridgehead atoms.